The van der Waals surface area contributed by atoms with Crippen molar-refractivity contribution in [3.8, 4) is 10.4 Å². The molecular formula is C31H26ClN5O3S2. The summed E-state index contributed by atoms with van der Waals surface area (Å²) in [6.45, 7) is 4.56. The summed E-state index contributed by atoms with van der Waals surface area (Å²) in [4.78, 5) is 27.2. The summed E-state index contributed by atoms with van der Waals surface area (Å²) in [5.74, 6) is 0.933. The molecular weight excluding hydrogens is 590 g/mol. The van der Waals surface area contributed by atoms with Crippen LogP contribution < -0.4 is 4.72 Å². The van der Waals surface area contributed by atoms with Crippen molar-refractivity contribution in [1.29, 1.82) is 0 Å². The molecule has 1 N–H and O–H groups in total. The highest BCUT2D eigenvalue weighted by atomic mass is 35.5. The molecule has 0 fully saturated rings. The van der Waals surface area contributed by atoms with Crippen molar-refractivity contribution in [3.63, 3.8) is 0 Å². The number of nitrogens with zero attached hydrogens (tertiary/aromatic N) is 4. The molecule has 0 spiro atoms. The van der Waals surface area contributed by atoms with E-state index in [-0.39, 0.29) is 10.8 Å². The maximum atomic E-state index is 13.0. The number of fused-ring (bicyclic) bond motifs is 2. The quantitative estimate of drug-likeness (QED) is 0.181. The van der Waals surface area contributed by atoms with E-state index in [1.807, 2.05) is 55.5 Å². The van der Waals surface area contributed by atoms with Crippen LogP contribution in [0.5, 0.6) is 0 Å². The summed E-state index contributed by atoms with van der Waals surface area (Å²) in [6, 6.07) is 23.7. The zero-order valence-corrected chi connectivity index (χ0v) is 25.2. The third-order valence-electron chi connectivity index (χ3n) is 6.95. The minimum absolute atomic E-state index is 0.110. The fraction of sp³-hybridized carbons (Fsp3) is 0.161. The van der Waals surface area contributed by atoms with Gasteiger partial charge in [-0.2, -0.15) is 13.4 Å². The second kappa shape index (κ2) is 11.3. The van der Waals surface area contributed by atoms with Gasteiger partial charge in [0.25, 0.3) is 5.12 Å². The van der Waals surface area contributed by atoms with Crippen molar-refractivity contribution >= 4 is 65.0 Å². The van der Waals surface area contributed by atoms with Gasteiger partial charge in [0.1, 0.15) is 16.3 Å². The summed E-state index contributed by atoms with van der Waals surface area (Å²) in [5, 5.41) is 1.25. The van der Waals surface area contributed by atoms with E-state index in [1.54, 1.807) is 18.2 Å². The minimum Gasteiger partial charge on any atom is -0.308 e. The van der Waals surface area contributed by atoms with Crippen molar-refractivity contribution in [2.24, 2.45) is 0 Å². The molecule has 0 saturated heterocycles. The first-order valence-corrected chi connectivity index (χ1v) is 16.0. The highest BCUT2D eigenvalue weighted by Gasteiger charge is 2.26. The number of anilines is 1. The molecule has 0 bridgehead atoms. The van der Waals surface area contributed by atoms with Crippen LogP contribution in [0.15, 0.2) is 78.9 Å². The van der Waals surface area contributed by atoms with Gasteiger partial charge in [0.05, 0.1) is 12.2 Å². The first kappa shape index (κ1) is 28.0. The number of imidazole rings is 1. The molecule has 0 unspecified atom stereocenters. The first-order chi connectivity index (χ1) is 20.2. The lowest BCUT2D eigenvalue weighted by molar-refractivity contribution is 0.107. The van der Waals surface area contributed by atoms with Gasteiger partial charge in [0.15, 0.2) is 5.65 Å². The number of aryl methyl sites for hydroxylation is 2. The average Bonchev–Trinajstić information content (AvgIpc) is 3.52. The Morgan fingerprint density at radius 3 is 2.33 bits per heavy atom. The largest absolute Gasteiger partial charge is 0.308 e. The number of halogens is 1. The smallest absolute Gasteiger partial charge is 0.301 e. The Kier molecular flexibility index (Phi) is 7.53. The molecule has 212 valence electrons. The van der Waals surface area contributed by atoms with Gasteiger partial charge >= 0.3 is 10.0 Å². The number of sulfonamides is 1. The van der Waals surface area contributed by atoms with E-state index in [4.69, 9.17) is 16.6 Å². The molecule has 42 heavy (non-hydrogen) atoms. The van der Waals surface area contributed by atoms with E-state index in [1.165, 1.54) is 23.5 Å². The highest BCUT2D eigenvalue weighted by Crippen LogP contribution is 2.42. The van der Waals surface area contributed by atoms with E-state index in [9.17, 15) is 13.2 Å². The van der Waals surface area contributed by atoms with Crippen LogP contribution in [0.25, 0.3) is 32.4 Å². The second-order valence-electron chi connectivity index (χ2n) is 9.88. The molecule has 0 saturated carbocycles. The molecule has 0 radical (unpaired) electrons. The van der Waals surface area contributed by atoms with Gasteiger partial charge in [-0.1, -0.05) is 85.8 Å². The summed E-state index contributed by atoms with van der Waals surface area (Å²) in [7, 11) is -4.30. The number of rotatable bonds is 8. The Bertz CT molecular complexity index is 2050. The second-order valence-corrected chi connectivity index (χ2v) is 12.8. The summed E-state index contributed by atoms with van der Waals surface area (Å²) >= 11 is 7.49. The van der Waals surface area contributed by atoms with Crippen LogP contribution >= 0.6 is 22.9 Å². The number of carbonyl (C=O) groups is 1. The van der Waals surface area contributed by atoms with Gasteiger partial charge < -0.3 is 4.57 Å². The van der Waals surface area contributed by atoms with Gasteiger partial charge in [-0.05, 0) is 36.1 Å². The molecule has 0 atom stereocenters. The van der Waals surface area contributed by atoms with Gasteiger partial charge in [-0.3, -0.25) is 9.52 Å². The maximum absolute atomic E-state index is 13.0. The van der Waals surface area contributed by atoms with Crippen LogP contribution in [-0.4, -0.2) is 33.1 Å². The minimum atomic E-state index is -4.30. The number of aromatic nitrogens is 4. The van der Waals surface area contributed by atoms with Gasteiger partial charge in [0, 0.05) is 27.6 Å². The van der Waals surface area contributed by atoms with Gasteiger partial charge in [-0.15, -0.1) is 11.3 Å². The summed E-state index contributed by atoms with van der Waals surface area (Å²) < 4.78 is 30.7. The monoisotopic (exact) mass is 615 g/mol. The van der Waals surface area contributed by atoms with Crippen LogP contribution in [0.2, 0.25) is 5.28 Å². The van der Waals surface area contributed by atoms with Gasteiger partial charge in [0.2, 0.25) is 5.28 Å². The molecule has 6 rings (SSSR count). The number of thiophene rings is 1. The normalized spacial score (nSPS) is 11.8. The molecule has 3 aromatic carbocycles. The van der Waals surface area contributed by atoms with Crippen LogP contribution in [0.4, 0.5) is 5.00 Å². The van der Waals surface area contributed by atoms with Crippen molar-refractivity contribution < 1.29 is 13.2 Å². The van der Waals surface area contributed by atoms with E-state index in [0.29, 0.717) is 17.2 Å². The first-order valence-electron chi connectivity index (χ1n) is 13.4. The molecule has 0 amide bonds. The summed E-state index contributed by atoms with van der Waals surface area (Å²) in [5.41, 5.74) is 4.32. The number of hydrogen-bond acceptors (Lipinski definition) is 7. The Balaban J connectivity index is 1.33. The number of carbonyl (C=O) groups excluding carboxylic acids is 1. The molecule has 0 aliphatic rings. The van der Waals surface area contributed by atoms with Crippen molar-refractivity contribution in [2.75, 3.05) is 4.72 Å². The van der Waals surface area contributed by atoms with Crippen molar-refractivity contribution in [1.82, 2.24) is 19.5 Å². The fourth-order valence-corrected chi connectivity index (χ4v) is 7.58. The summed E-state index contributed by atoms with van der Waals surface area (Å²) in [6.07, 6.45) is 1.75. The SMILES string of the molecule is CCCc1nc2c(C)nc(Cl)nc2n1Cc1ccc(-c2sc(NS(=O)(=O)C(=O)c3ccccc3)c3ccccc23)cc1. The van der Waals surface area contributed by atoms with E-state index >= 15 is 0 Å². The maximum Gasteiger partial charge on any atom is 0.301 e. The lowest BCUT2D eigenvalue weighted by Crippen LogP contribution is -2.22. The lowest BCUT2D eigenvalue weighted by Gasteiger charge is -2.09. The standard InChI is InChI=1S/C31H26ClN5O3S2/c1-3-9-25-34-26-19(2)33-31(32)35-28(26)37(25)18-20-14-16-21(17-15-20)27-23-12-7-8-13-24(23)29(41-27)36-42(39,40)30(38)22-10-5-4-6-11-22/h4-8,10-17,36H,3,9,18H2,1-2H3. The fourth-order valence-electron chi connectivity index (χ4n) is 4.95. The average molecular weight is 616 g/mol. The van der Waals surface area contributed by atoms with E-state index < -0.39 is 15.1 Å². The highest BCUT2D eigenvalue weighted by molar-refractivity contribution is 8.07. The topological polar surface area (TPSA) is 107 Å². The van der Waals surface area contributed by atoms with Crippen LogP contribution in [-0.2, 0) is 23.0 Å². The molecule has 11 heteroatoms. The Morgan fingerprint density at radius 2 is 1.62 bits per heavy atom. The molecule has 3 aromatic heterocycles. The van der Waals surface area contributed by atoms with E-state index in [0.717, 1.165) is 56.7 Å². The Morgan fingerprint density at radius 1 is 0.929 bits per heavy atom. The predicted octanol–water partition coefficient (Wildman–Crippen LogP) is 7.25. The number of nitrogens with one attached hydrogen (secondary N) is 1. The number of hydrogen-bond donors (Lipinski definition) is 1. The zero-order chi connectivity index (χ0) is 29.4. The third kappa shape index (κ3) is 5.29. The Labute approximate surface area is 252 Å². The lowest BCUT2D eigenvalue weighted by atomic mass is 10.1. The third-order valence-corrected chi connectivity index (χ3v) is 9.63. The molecule has 0 aliphatic carbocycles. The molecule has 8 nitrogen and oxygen atoms in total. The number of benzene rings is 3. The molecule has 6 aromatic rings. The van der Waals surface area contributed by atoms with Crippen LogP contribution in [0.3, 0.4) is 0 Å². The van der Waals surface area contributed by atoms with Crippen molar-refractivity contribution in [3.05, 3.63) is 107 Å². The Hall–Kier alpha value is -4.12. The van der Waals surface area contributed by atoms with Gasteiger partial charge in [-0.25, -0.2) is 9.97 Å². The molecule has 0 aliphatic heterocycles. The van der Waals surface area contributed by atoms with Crippen LogP contribution in [0.1, 0.15) is 40.8 Å². The van der Waals surface area contributed by atoms with Crippen molar-refractivity contribution in [2.45, 2.75) is 33.2 Å². The van der Waals surface area contributed by atoms with Crippen LogP contribution in [0, 0.1) is 6.92 Å². The molecule has 3 heterocycles. The predicted molar refractivity (Wildman–Crippen MR) is 169 cm³/mol. The van der Waals surface area contributed by atoms with E-state index in [2.05, 4.69) is 26.2 Å². The zero-order valence-electron chi connectivity index (χ0n) is 22.8.